The number of nitrogens with one attached hydrogen (secondary N) is 1. The number of carboxylic acids is 1. The van der Waals surface area contributed by atoms with E-state index in [1.165, 1.54) is 17.4 Å². The molecule has 1 aromatic carbocycles. The summed E-state index contributed by atoms with van der Waals surface area (Å²) in [7, 11) is 0. The average Bonchev–Trinajstić information content (AvgIpc) is 2.82. The zero-order chi connectivity index (χ0) is 14.5. The molecule has 2 rings (SSSR count). The van der Waals surface area contributed by atoms with Crippen LogP contribution < -0.4 is 5.32 Å². The fourth-order valence-corrected chi connectivity index (χ4v) is 2.51. The Morgan fingerprint density at radius 3 is 2.75 bits per heavy atom. The summed E-state index contributed by atoms with van der Waals surface area (Å²) in [6, 6.07) is 6.52. The first kappa shape index (κ1) is 14.2. The molecule has 20 heavy (non-hydrogen) atoms. The normalized spacial score (nSPS) is 10.2. The summed E-state index contributed by atoms with van der Waals surface area (Å²) in [4.78, 5) is 28.0. The highest BCUT2D eigenvalue weighted by Gasteiger charge is 2.12. The van der Waals surface area contributed by atoms with Crippen molar-refractivity contribution in [2.45, 2.75) is 19.9 Å². The number of aromatic carboxylic acids is 1. The van der Waals surface area contributed by atoms with Gasteiger partial charge in [-0.1, -0.05) is 18.2 Å². The molecule has 0 bridgehead atoms. The Labute approximate surface area is 120 Å². The third-order valence-corrected chi connectivity index (χ3v) is 3.82. The molecule has 6 heteroatoms. The second-order valence-electron chi connectivity index (χ2n) is 4.28. The maximum atomic E-state index is 11.9. The highest BCUT2D eigenvalue weighted by Crippen LogP contribution is 2.12. The molecule has 0 fully saturated rings. The predicted octanol–water partition coefficient (Wildman–Crippen LogP) is 2.01. The van der Waals surface area contributed by atoms with Crippen LogP contribution in [0, 0.1) is 6.92 Å². The van der Waals surface area contributed by atoms with Crippen molar-refractivity contribution in [3.63, 3.8) is 0 Å². The van der Waals surface area contributed by atoms with Gasteiger partial charge in [-0.05, 0) is 18.6 Å². The van der Waals surface area contributed by atoms with Crippen molar-refractivity contribution in [1.82, 2.24) is 10.3 Å². The molecule has 1 amide bonds. The topological polar surface area (TPSA) is 79.3 Å². The third-order valence-electron chi connectivity index (χ3n) is 2.89. The van der Waals surface area contributed by atoms with Gasteiger partial charge in [0.25, 0.3) is 0 Å². The SMILES string of the molecule is Cc1ncsc1CNC(=O)Cc1ccccc1C(=O)O. The van der Waals surface area contributed by atoms with E-state index < -0.39 is 5.97 Å². The number of aryl methyl sites for hydroxylation is 1. The number of amides is 1. The van der Waals surface area contributed by atoms with Crippen LogP contribution in [0.5, 0.6) is 0 Å². The van der Waals surface area contributed by atoms with Gasteiger partial charge in [0.15, 0.2) is 0 Å². The number of rotatable bonds is 5. The number of nitrogens with zero attached hydrogens (tertiary/aromatic N) is 1. The number of carbonyl (C=O) groups is 2. The minimum atomic E-state index is -1.02. The number of carbonyl (C=O) groups excluding carboxylic acids is 1. The second kappa shape index (κ2) is 6.29. The van der Waals surface area contributed by atoms with E-state index in [1.54, 1.807) is 23.7 Å². The van der Waals surface area contributed by atoms with Crippen LogP contribution in [0.15, 0.2) is 29.8 Å². The number of aromatic nitrogens is 1. The van der Waals surface area contributed by atoms with Crippen LogP contribution in [-0.4, -0.2) is 22.0 Å². The summed E-state index contributed by atoms with van der Waals surface area (Å²) in [6.45, 7) is 2.31. The van der Waals surface area contributed by atoms with Crippen molar-refractivity contribution in [1.29, 1.82) is 0 Å². The number of hydrogen-bond donors (Lipinski definition) is 2. The van der Waals surface area contributed by atoms with Crippen LogP contribution in [0.3, 0.4) is 0 Å². The smallest absolute Gasteiger partial charge is 0.335 e. The molecule has 1 heterocycles. The van der Waals surface area contributed by atoms with Gasteiger partial charge >= 0.3 is 5.97 Å². The van der Waals surface area contributed by atoms with Gasteiger partial charge in [-0.2, -0.15) is 0 Å². The molecule has 0 aliphatic heterocycles. The lowest BCUT2D eigenvalue weighted by Crippen LogP contribution is -2.25. The molecule has 2 N–H and O–H groups in total. The minimum absolute atomic E-state index is 0.0559. The Morgan fingerprint density at radius 1 is 1.35 bits per heavy atom. The molecule has 0 aliphatic carbocycles. The lowest BCUT2D eigenvalue weighted by molar-refractivity contribution is -0.120. The standard InChI is InChI=1S/C14H14N2O3S/c1-9-12(20-8-16-9)7-15-13(17)6-10-4-2-3-5-11(10)14(18)19/h2-5,8H,6-7H2,1H3,(H,15,17)(H,18,19). The number of thiazole rings is 1. The molecular formula is C14H14N2O3S. The van der Waals surface area contributed by atoms with E-state index in [2.05, 4.69) is 10.3 Å². The lowest BCUT2D eigenvalue weighted by atomic mass is 10.0. The fourth-order valence-electron chi connectivity index (χ4n) is 1.79. The zero-order valence-corrected chi connectivity index (χ0v) is 11.7. The van der Waals surface area contributed by atoms with Crippen LogP contribution in [0.4, 0.5) is 0 Å². The Hall–Kier alpha value is -2.21. The van der Waals surface area contributed by atoms with Crippen LogP contribution in [0.2, 0.25) is 0 Å². The maximum absolute atomic E-state index is 11.9. The Morgan fingerprint density at radius 2 is 2.10 bits per heavy atom. The summed E-state index contributed by atoms with van der Waals surface area (Å²) in [5.41, 5.74) is 3.31. The van der Waals surface area contributed by atoms with Crippen molar-refractivity contribution in [2.24, 2.45) is 0 Å². The Kier molecular flexibility index (Phi) is 4.47. The van der Waals surface area contributed by atoms with E-state index in [-0.39, 0.29) is 17.9 Å². The highest BCUT2D eigenvalue weighted by molar-refractivity contribution is 7.09. The maximum Gasteiger partial charge on any atom is 0.335 e. The summed E-state index contributed by atoms with van der Waals surface area (Å²) in [5.74, 6) is -1.22. The molecule has 5 nitrogen and oxygen atoms in total. The Bertz CT molecular complexity index is 637. The van der Waals surface area contributed by atoms with Crippen LogP contribution >= 0.6 is 11.3 Å². The van der Waals surface area contributed by atoms with Gasteiger partial charge in [0.05, 0.1) is 29.7 Å². The van der Waals surface area contributed by atoms with Gasteiger partial charge in [0, 0.05) is 4.88 Å². The zero-order valence-electron chi connectivity index (χ0n) is 10.9. The first-order valence-corrected chi connectivity index (χ1v) is 6.92. The van der Waals surface area contributed by atoms with Gasteiger partial charge in [0.1, 0.15) is 0 Å². The second-order valence-corrected chi connectivity index (χ2v) is 5.22. The summed E-state index contributed by atoms with van der Waals surface area (Å²) in [5, 5.41) is 11.8. The quantitative estimate of drug-likeness (QED) is 0.883. The third kappa shape index (κ3) is 3.42. The van der Waals surface area contributed by atoms with E-state index in [0.717, 1.165) is 10.6 Å². The summed E-state index contributed by atoms with van der Waals surface area (Å²) < 4.78 is 0. The largest absolute Gasteiger partial charge is 0.478 e. The number of benzene rings is 1. The van der Waals surface area contributed by atoms with Gasteiger partial charge in [-0.3, -0.25) is 4.79 Å². The van der Waals surface area contributed by atoms with E-state index in [4.69, 9.17) is 5.11 Å². The first-order valence-electron chi connectivity index (χ1n) is 6.05. The van der Waals surface area contributed by atoms with E-state index in [1.807, 2.05) is 6.92 Å². The molecular weight excluding hydrogens is 276 g/mol. The van der Waals surface area contributed by atoms with Crippen LogP contribution in [0.25, 0.3) is 0 Å². The molecule has 0 saturated carbocycles. The molecule has 0 aliphatic rings. The van der Waals surface area contributed by atoms with Crippen molar-refractivity contribution in [3.05, 3.63) is 51.5 Å². The molecule has 0 spiro atoms. The minimum Gasteiger partial charge on any atom is -0.478 e. The van der Waals surface area contributed by atoms with E-state index in [9.17, 15) is 9.59 Å². The predicted molar refractivity (Wildman–Crippen MR) is 75.8 cm³/mol. The van der Waals surface area contributed by atoms with E-state index >= 15 is 0 Å². The first-order chi connectivity index (χ1) is 9.58. The van der Waals surface area contributed by atoms with Crippen molar-refractivity contribution in [3.8, 4) is 0 Å². The van der Waals surface area contributed by atoms with E-state index in [0.29, 0.717) is 12.1 Å². The van der Waals surface area contributed by atoms with Crippen molar-refractivity contribution < 1.29 is 14.7 Å². The summed E-state index contributed by atoms with van der Waals surface area (Å²) >= 11 is 1.49. The van der Waals surface area contributed by atoms with Gasteiger partial charge in [-0.25, -0.2) is 9.78 Å². The van der Waals surface area contributed by atoms with Gasteiger partial charge in [0.2, 0.25) is 5.91 Å². The van der Waals surface area contributed by atoms with Crippen LogP contribution in [-0.2, 0) is 17.8 Å². The lowest BCUT2D eigenvalue weighted by Gasteiger charge is -2.07. The molecule has 2 aromatic rings. The van der Waals surface area contributed by atoms with Crippen molar-refractivity contribution >= 4 is 23.2 Å². The monoisotopic (exact) mass is 290 g/mol. The number of hydrogen-bond acceptors (Lipinski definition) is 4. The molecule has 0 unspecified atom stereocenters. The average molecular weight is 290 g/mol. The Balaban J connectivity index is 1.98. The molecule has 0 atom stereocenters. The van der Waals surface area contributed by atoms with Crippen LogP contribution in [0.1, 0.15) is 26.5 Å². The molecule has 1 aromatic heterocycles. The van der Waals surface area contributed by atoms with Gasteiger partial charge in [-0.15, -0.1) is 11.3 Å². The number of carboxylic acid groups (broad SMARTS) is 1. The molecule has 104 valence electrons. The highest BCUT2D eigenvalue weighted by atomic mass is 32.1. The fraction of sp³-hybridized carbons (Fsp3) is 0.214. The van der Waals surface area contributed by atoms with Crippen molar-refractivity contribution in [2.75, 3.05) is 0 Å². The summed E-state index contributed by atoms with van der Waals surface area (Å²) in [6.07, 6.45) is 0.0559. The molecule has 0 radical (unpaired) electrons. The van der Waals surface area contributed by atoms with Gasteiger partial charge < -0.3 is 10.4 Å². The molecule has 0 saturated heterocycles.